The maximum atomic E-state index is 13.3. The fraction of sp³-hybridized carbons (Fsp3) is 0.417. The van der Waals surface area contributed by atoms with Gasteiger partial charge in [0.15, 0.2) is 0 Å². The number of benzene rings is 1. The Morgan fingerprint density at radius 3 is 2.38 bits per heavy atom. The van der Waals surface area contributed by atoms with Gasteiger partial charge < -0.3 is 5.11 Å². The van der Waals surface area contributed by atoms with E-state index in [0.29, 0.717) is 12.8 Å². The molecule has 1 aromatic carbocycles. The summed E-state index contributed by atoms with van der Waals surface area (Å²) < 4.78 is 26.7. The van der Waals surface area contributed by atoms with E-state index in [4.69, 9.17) is 5.26 Å². The van der Waals surface area contributed by atoms with E-state index in [1.807, 2.05) is 13.0 Å². The minimum atomic E-state index is -1.41. The van der Waals surface area contributed by atoms with Crippen LogP contribution in [0.15, 0.2) is 18.2 Å². The normalized spacial score (nSPS) is 14.2. The molecule has 1 rings (SSSR count). The van der Waals surface area contributed by atoms with Gasteiger partial charge >= 0.3 is 0 Å². The van der Waals surface area contributed by atoms with Gasteiger partial charge in [-0.3, -0.25) is 0 Å². The van der Waals surface area contributed by atoms with Gasteiger partial charge in [0.25, 0.3) is 0 Å². The van der Waals surface area contributed by atoms with Gasteiger partial charge in [0.1, 0.15) is 17.7 Å². The number of hydrogen-bond acceptors (Lipinski definition) is 2. The molecule has 0 aliphatic heterocycles. The second kappa shape index (κ2) is 5.57. The lowest BCUT2D eigenvalue weighted by Gasteiger charge is -2.17. The zero-order valence-electron chi connectivity index (χ0n) is 8.95. The molecule has 0 radical (unpaired) electrons. The number of aliphatic hydroxyl groups excluding tert-OH is 1. The van der Waals surface area contributed by atoms with E-state index in [1.165, 1.54) is 6.07 Å². The number of hydrogen-bond donors (Lipinski definition) is 1. The van der Waals surface area contributed by atoms with Crippen LogP contribution in [0, 0.1) is 28.9 Å². The summed E-state index contributed by atoms with van der Waals surface area (Å²) in [4.78, 5) is 0. The SMILES string of the molecule is CCCC(C#N)C(O)c1c(F)cccc1F. The molecule has 4 heteroatoms. The molecule has 0 heterocycles. The van der Waals surface area contributed by atoms with Gasteiger partial charge in [-0.25, -0.2) is 8.78 Å². The topological polar surface area (TPSA) is 44.0 Å². The van der Waals surface area contributed by atoms with Crippen molar-refractivity contribution < 1.29 is 13.9 Å². The first-order valence-electron chi connectivity index (χ1n) is 5.13. The van der Waals surface area contributed by atoms with E-state index in [-0.39, 0.29) is 0 Å². The molecule has 0 fully saturated rings. The third kappa shape index (κ3) is 2.56. The maximum Gasteiger partial charge on any atom is 0.131 e. The molecule has 0 bridgehead atoms. The van der Waals surface area contributed by atoms with Gasteiger partial charge in [-0.15, -0.1) is 0 Å². The highest BCUT2D eigenvalue weighted by atomic mass is 19.1. The number of aliphatic hydroxyl groups is 1. The lowest BCUT2D eigenvalue weighted by Crippen LogP contribution is -2.14. The van der Waals surface area contributed by atoms with Gasteiger partial charge in [-0.05, 0) is 18.6 Å². The molecule has 0 spiro atoms. The Kier molecular flexibility index (Phi) is 4.39. The highest BCUT2D eigenvalue weighted by Gasteiger charge is 2.25. The van der Waals surface area contributed by atoms with E-state index in [0.717, 1.165) is 12.1 Å². The van der Waals surface area contributed by atoms with Crippen molar-refractivity contribution in [3.63, 3.8) is 0 Å². The van der Waals surface area contributed by atoms with Crippen molar-refractivity contribution in [2.75, 3.05) is 0 Å². The molecule has 2 unspecified atom stereocenters. The Bertz CT molecular complexity index is 380. The molecule has 86 valence electrons. The Morgan fingerprint density at radius 1 is 1.38 bits per heavy atom. The van der Waals surface area contributed by atoms with Gasteiger partial charge in [-0.1, -0.05) is 19.4 Å². The van der Waals surface area contributed by atoms with Crippen molar-refractivity contribution in [3.8, 4) is 6.07 Å². The Hall–Kier alpha value is -1.47. The van der Waals surface area contributed by atoms with Crippen LogP contribution in [-0.4, -0.2) is 5.11 Å². The van der Waals surface area contributed by atoms with Crippen molar-refractivity contribution >= 4 is 0 Å². The zero-order chi connectivity index (χ0) is 12.1. The van der Waals surface area contributed by atoms with Gasteiger partial charge in [-0.2, -0.15) is 5.26 Å². The van der Waals surface area contributed by atoms with E-state index >= 15 is 0 Å². The largest absolute Gasteiger partial charge is 0.387 e. The van der Waals surface area contributed by atoms with Crippen molar-refractivity contribution in [2.24, 2.45) is 5.92 Å². The van der Waals surface area contributed by atoms with Crippen LogP contribution in [0.5, 0.6) is 0 Å². The number of rotatable bonds is 4. The summed E-state index contributed by atoms with van der Waals surface area (Å²) >= 11 is 0. The van der Waals surface area contributed by atoms with Gasteiger partial charge in [0.05, 0.1) is 17.6 Å². The van der Waals surface area contributed by atoms with Crippen LogP contribution in [-0.2, 0) is 0 Å². The molecular formula is C12H13F2NO. The lowest BCUT2D eigenvalue weighted by atomic mass is 9.92. The standard InChI is InChI=1S/C12H13F2NO/c1-2-4-8(7-15)12(16)11-9(13)5-3-6-10(11)14/h3,5-6,8,12,16H,2,4H2,1H3. The van der Waals surface area contributed by atoms with Crippen molar-refractivity contribution in [3.05, 3.63) is 35.4 Å². The third-order valence-corrected chi connectivity index (χ3v) is 2.44. The molecule has 0 amide bonds. The van der Waals surface area contributed by atoms with Crippen LogP contribution in [0.25, 0.3) is 0 Å². The summed E-state index contributed by atoms with van der Waals surface area (Å²) in [5.74, 6) is -2.41. The molecule has 0 aliphatic carbocycles. The van der Waals surface area contributed by atoms with Crippen LogP contribution in [0.2, 0.25) is 0 Å². The summed E-state index contributed by atoms with van der Waals surface area (Å²) in [7, 11) is 0. The average Bonchev–Trinajstić information content (AvgIpc) is 2.25. The summed E-state index contributed by atoms with van der Waals surface area (Å²) in [6, 6.07) is 5.24. The van der Waals surface area contributed by atoms with E-state index in [1.54, 1.807) is 0 Å². The van der Waals surface area contributed by atoms with Crippen molar-refractivity contribution in [2.45, 2.75) is 25.9 Å². The number of nitriles is 1. The molecule has 0 saturated heterocycles. The Balaban J connectivity index is 3.04. The smallest absolute Gasteiger partial charge is 0.131 e. The molecule has 16 heavy (non-hydrogen) atoms. The molecule has 2 atom stereocenters. The second-order valence-corrected chi connectivity index (χ2v) is 3.60. The van der Waals surface area contributed by atoms with E-state index in [9.17, 15) is 13.9 Å². The first-order chi connectivity index (χ1) is 7.61. The zero-order valence-corrected chi connectivity index (χ0v) is 8.95. The van der Waals surface area contributed by atoms with E-state index < -0.39 is 29.2 Å². The first-order valence-corrected chi connectivity index (χ1v) is 5.13. The van der Waals surface area contributed by atoms with Crippen molar-refractivity contribution in [1.82, 2.24) is 0 Å². The molecule has 0 aliphatic rings. The van der Waals surface area contributed by atoms with Crippen LogP contribution in [0.3, 0.4) is 0 Å². The minimum absolute atomic E-state index is 0.408. The Morgan fingerprint density at radius 2 is 1.94 bits per heavy atom. The number of nitrogens with zero attached hydrogens (tertiary/aromatic N) is 1. The summed E-state index contributed by atoms with van der Waals surface area (Å²) in [5, 5.41) is 18.6. The fourth-order valence-electron chi connectivity index (χ4n) is 1.60. The molecule has 1 N–H and O–H groups in total. The quantitative estimate of drug-likeness (QED) is 0.856. The summed E-state index contributed by atoms with van der Waals surface area (Å²) in [6.45, 7) is 1.84. The van der Waals surface area contributed by atoms with Crippen molar-refractivity contribution in [1.29, 1.82) is 5.26 Å². The highest BCUT2D eigenvalue weighted by Crippen LogP contribution is 2.29. The predicted molar refractivity (Wildman–Crippen MR) is 55.3 cm³/mol. The minimum Gasteiger partial charge on any atom is -0.387 e. The fourth-order valence-corrected chi connectivity index (χ4v) is 1.60. The second-order valence-electron chi connectivity index (χ2n) is 3.60. The van der Waals surface area contributed by atoms with Crippen LogP contribution in [0.4, 0.5) is 8.78 Å². The highest BCUT2D eigenvalue weighted by molar-refractivity contribution is 5.23. The Labute approximate surface area is 93.1 Å². The summed E-state index contributed by atoms with van der Waals surface area (Å²) in [6.07, 6.45) is -0.331. The third-order valence-electron chi connectivity index (χ3n) is 2.44. The number of halogens is 2. The van der Waals surface area contributed by atoms with Gasteiger partial charge in [0.2, 0.25) is 0 Å². The molecule has 2 nitrogen and oxygen atoms in total. The molecule has 1 aromatic rings. The summed E-state index contributed by atoms with van der Waals surface area (Å²) in [5.41, 5.74) is -0.414. The molecule has 0 saturated carbocycles. The monoisotopic (exact) mass is 225 g/mol. The predicted octanol–water partition coefficient (Wildman–Crippen LogP) is 2.94. The molecular weight excluding hydrogens is 212 g/mol. The maximum absolute atomic E-state index is 13.3. The van der Waals surface area contributed by atoms with E-state index in [2.05, 4.69) is 0 Å². The average molecular weight is 225 g/mol. The van der Waals surface area contributed by atoms with Crippen LogP contribution >= 0.6 is 0 Å². The first kappa shape index (κ1) is 12.6. The van der Waals surface area contributed by atoms with Crippen LogP contribution < -0.4 is 0 Å². The van der Waals surface area contributed by atoms with Gasteiger partial charge in [0, 0.05) is 0 Å². The molecule has 0 aromatic heterocycles. The van der Waals surface area contributed by atoms with Crippen LogP contribution in [0.1, 0.15) is 31.4 Å². The lowest BCUT2D eigenvalue weighted by molar-refractivity contribution is 0.121.